The van der Waals surface area contributed by atoms with Crippen molar-refractivity contribution in [1.29, 1.82) is 0 Å². The number of nitrogens with zero attached hydrogens (tertiary/aromatic N) is 4. The lowest BCUT2D eigenvalue weighted by molar-refractivity contribution is -0.113. The van der Waals surface area contributed by atoms with Gasteiger partial charge in [-0.05, 0) is 30.3 Å². The van der Waals surface area contributed by atoms with Gasteiger partial charge in [0.1, 0.15) is 0 Å². The summed E-state index contributed by atoms with van der Waals surface area (Å²) in [4.78, 5) is 16.8. The summed E-state index contributed by atoms with van der Waals surface area (Å²) < 4.78 is 1.83. The SMILES string of the molecule is Cn1c(SCC(=O)Nc2nc(-c3ccc(Cl)cc3Cl)cs2)nnc1-c1cccc(Cl)c1. The molecule has 1 N–H and O–H groups in total. The summed E-state index contributed by atoms with van der Waals surface area (Å²) in [6, 6.07) is 12.6. The number of rotatable bonds is 6. The van der Waals surface area contributed by atoms with E-state index in [1.807, 2.05) is 35.2 Å². The Balaban J connectivity index is 1.39. The highest BCUT2D eigenvalue weighted by Gasteiger charge is 2.15. The summed E-state index contributed by atoms with van der Waals surface area (Å²) in [5, 5.41) is 15.8. The number of amides is 1. The minimum absolute atomic E-state index is 0.165. The van der Waals surface area contributed by atoms with Crippen molar-refractivity contribution in [2.75, 3.05) is 11.1 Å². The number of nitrogens with one attached hydrogen (secondary N) is 1. The first-order chi connectivity index (χ1) is 14.9. The number of thiazole rings is 1. The van der Waals surface area contributed by atoms with Crippen molar-refractivity contribution in [3.05, 3.63) is 62.9 Å². The van der Waals surface area contributed by atoms with Crippen LogP contribution in [-0.2, 0) is 11.8 Å². The number of carbonyl (C=O) groups is 1. The molecule has 0 aliphatic heterocycles. The molecule has 6 nitrogen and oxygen atoms in total. The standard InChI is InChI=1S/C20H14Cl3N5OS2/c1-28-18(11-3-2-4-12(21)7-11)26-27-20(28)31-10-17(29)25-19-24-16(9-30-19)14-6-5-13(22)8-15(14)23/h2-9H,10H2,1H3,(H,24,25,29). The zero-order valence-electron chi connectivity index (χ0n) is 16.0. The average molecular weight is 511 g/mol. The van der Waals surface area contributed by atoms with Gasteiger partial charge in [-0.3, -0.25) is 4.79 Å². The number of halogens is 3. The Labute approximate surface area is 201 Å². The van der Waals surface area contributed by atoms with Crippen LogP contribution in [0, 0.1) is 0 Å². The lowest BCUT2D eigenvalue weighted by Crippen LogP contribution is -2.14. The highest BCUT2D eigenvalue weighted by atomic mass is 35.5. The number of anilines is 1. The molecule has 1 amide bonds. The van der Waals surface area contributed by atoms with Gasteiger partial charge in [-0.25, -0.2) is 4.98 Å². The van der Waals surface area contributed by atoms with Gasteiger partial charge >= 0.3 is 0 Å². The summed E-state index contributed by atoms with van der Waals surface area (Å²) in [6.07, 6.45) is 0. The van der Waals surface area contributed by atoms with Crippen LogP contribution in [0.25, 0.3) is 22.6 Å². The zero-order chi connectivity index (χ0) is 22.0. The monoisotopic (exact) mass is 509 g/mol. The van der Waals surface area contributed by atoms with Crippen molar-refractivity contribution in [3.8, 4) is 22.6 Å². The van der Waals surface area contributed by atoms with E-state index < -0.39 is 0 Å². The van der Waals surface area contributed by atoms with E-state index in [9.17, 15) is 4.79 Å². The molecule has 0 unspecified atom stereocenters. The van der Waals surface area contributed by atoms with Crippen LogP contribution in [0.2, 0.25) is 15.1 Å². The molecule has 0 fully saturated rings. The molecule has 0 radical (unpaired) electrons. The second-order valence-electron chi connectivity index (χ2n) is 6.37. The van der Waals surface area contributed by atoms with Gasteiger partial charge in [-0.2, -0.15) is 0 Å². The van der Waals surface area contributed by atoms with E-state index in [1.54, 1.807) is 24.3 Å². The summed E-state index contributed by atoms with van der Waals surface area (Å²) in [5.41, 5.74) is 2.29. The molecule has 0 bridgehead atoms. The average Bonchev–Trinajstić information content (AvgIpc) is 3.33. The van der Waals surface area contributed by atoms with E-state index in [4.69, 9.17) is 34.8 Å². The number of thioether (sulfide) groups is 1. The smallest absolute Gasteiger partial charge is 0.236 e. The predicted octanol–water partition coefficient (Wildman–Crippen LogP) is 6.30. The van der Waals surface area contributed by atoms with Crippen LogP contribution in [0.15, 0.2) is 53.0 Å². The molecule has 2 heterocycles. The summed E-state index contributed by atoms with van der Waals surface area (Å²) >= 11 is 20.8. The van der Waals surface area contributed by atoms with Gasteiger partial charge in [0.15, 0.2) is 16.1 Å². The second kappa shape index (κ2) is 9.58. The Morgan fingerprint density at radius 2 is 1.94 bits per heavy atom. The van der Waals surface area contributed by atoms with Crippen LogP contribution >= 0.6 is 57.9 Å². The van der Waals surface area contributed by atoms with Gasteiger partial charge in [0.2, 0.25) is 5.91 Å². The summed E-state index contributed by atoms with van der Waals surface area (Å²) in [6.45, 7) is 0. The Morgan fingerprint density at radius 1 is 1.13 bits per heavy atom. The molecule has 2 aromatic carbocycles. The van der Waals surface area contributed by atoms with E-state index in [1.165, 1.54) is 23.1 Å². The number of benzene rings is 2. The molecule has 0 saturated carbocycles. The van der Waals surface area contributed by atoms with E-state index in [2.05, 4.69) is 20.5 Å². The quantitative estimate of drug-likeness (QED) is 0.308. The number of hydrogen-bond acceptors (Lipinski definition) is 6. The third-order valence-electron chi connectivity index (χ3n) is 4.21. The minimum Gasteiger partial charge on any atom is -0.305 e. The first-order valence-electron chi connectivity index (χ1n) is 8.89. The number of aromatic nitrogens is 4. The largest absolute Gasteiger partial charge is 0.305 e. The van der Waals surface area contributed by atoms with E-state index >= 15 is 0 Å². The van der Waals surface area contributed by atoms with Crippen LogP contribution in [0.4, 0.5) is 5.13 Å². The third-order valence-corrected chi connectivity index (χ3v) is 6.77. The molecule has 158 valence electrons. The van der Waals surface area contributed by atoms with Crippen LogP contribution < -0.4 is 5.32 Å². The minimum atomic E-state index is -0.194. The molecule has 0 aliphatic carbocycles. The van der Waals surface area contributed by atoms with Crippen LogP contribution in [0.1, 0.15) is 0 Å². The van der Waals surface area contributed by atoms with Gasteiger partial charge in [-0.1, -0.05) is 58.7 Å². The fraction of sp³-hybridized carbons (Fsp3) is 0.100. The van der Waals surface area contributed by atoms with Crippen molar-refractivity contribution in [1.82, 2.24) is 19.7 Å². The van der Waals surface area contributed by atoms with Gasteiger partial charge in [0, 0.05) is 33.6 Å². The predicted molar refractivity (Wildman–Crippen MR) is 128 cm³/mol. The van der Waals surface area contributed by atoms with Crippen molar-refractivity contribution >= 4 is 68.9 Å². The van der Waals surface area contributed by atoms with Gasteiger partial charge in [0.05, 0.1) is 16.5 Å². The number of carbonyl (C=O) groups excluding carboxylic acids is 1. The van der Waals surface area contributed by atoms with Crippen LogP contribution in [-0.4, -0.2) is 31.4 Å². The van der Waals surface area contributed by atoms with Crippen molar-refractivity contribution in [2.45, 2.75) is 5.16 Å². The summed E-state index contributed by atoms with van der Waals surface area (Å²) in [5.74, 6) is 0.647. The molecule has 4 rings (SSSR count). The Kier molecular flexibility index (Phi) is 6.83. The van der Waals surface area contributed by atoms with Crippen molar-refractivity contribution in [2.24, 2.45) is 7.05 Å². The maximum absolute atomic E-state index is 12.4. The Morgan fingerprint density at radius 3 is 2.71 bits per heavy atom. The molecule has 0 saturated heterocycles. The van der Waals surface area contributed by atoms with Gasteiger partial charge < -0.3 is 9.88 Å². The van der Waals surface area contributed by atoms with Gasteiger partial charge in [0.25, 0.3) is 0 Å². The highest BCUT2D eigenvalue weighted by Crippen LogP contribution is 2.32. The zero-order valence-corrected chi connectivity index (χ0v) is 19.9. The molecule has 4 aromatic rings. The molecule has 2 aromatic heterocycles. The Hall–Kier alpha value is -2.10. The first-order valence-corrected chi connectivity index (χ1v) is 11.9. The second-order valence-corrected chi connectivity index (χ2v) is 9.46. The van der Waals surface area contributed by atoms with Crippen LogP contribution in [0.3, 0.4) is 0 Å². The van der Waals surface area contributed by atoms with E-state index in [-0.39, 0.29) is 11.7 Å². The number of hydrogen-bond donors (Lipinski definition) is 1. The third kappa shape index (κ3) is 5.22. The van der Waals surface area contributed by atoms with Crippen molar-refractivity contribution < 1.29 is 4.79 Å². The lowest BCUT2D eigenvalue weighted by atomic mass is 10.2. The van der Waals surface area contributed by atoms with E-state index in [0.29, 0.717) is 36.9 Å². The fourth-order valence-electron chi connectivity index (χ4n) is 2.76. The van der Waals surface area contributed by atoms with Crippen LogP contribution in [0.5, 0.6) is 0 Å². The molecular formula is C20H14Cl3N5OS2. The summed E-state index contributed by atoms with van der Waals surface area (Å²) in [7, 11) is 1.85. The van der Waals surface area contributed by atoms with Crippen molar-refractivity contribution in [3.63, 3.8) is 0 Å². The molecule has 0 spiro atoms. The first kappa shape index (κ1) is 22.1. The highest BCUT2D eigenvalue weighted by molar-refractivity contribution is 7.99. The molecular weight excluding hydrogens is 497 g/mol. The molecule has 0 aliphatic rings. The fourth-order valence-corrected chi connectivity index (χ4v) is 4.89. The lowest BCUT2D eigenvalue weighted by Gasteiger charge is -2.04. The maximum Gasteiger partial charge on any atom is 0.236 e. The van der Waals surface area contributed by atoms with Gasteiger partial charge in [-0.15, -0.1) is 21.5 Å². The normalized spacial score (nSPS) is 11.0. The molecule has 31 heavy (non-hydrogen) atoms. The molecule has 0 atom stereocenters. The van der Waals surface area contributed by atoms with E-state index in [0.717, 1.165) is 11.1 Å². The Bertz CT molecular complexity index is 1260. The maximum atomic E-state index is 12.4. The molecule has 11 heteroatoms. The topological polar surface area (TPSA) is 72.7 Å².